The molecule has 0 spiro atoms. The van der Waals surface area contributed by atoms with Gasteiger partial charge in [-0.1, -0.05) is 58.7 Å². The van der Waals surface area contributed by atoms with Gasteiger partial charge in [0.15, 0.2) is 0 Å². The van der Waals surface area contributed by atoms with Crippen molar-refractivity contribution in [3.63, 3.8) is 0 Å². The summed E-state index contributed by atoms with van der Waals surface area (Å²) in [6, 6.07) is 0. The van der Waals surface area contributed by atoms with Gasteiger partial charge in [-0.2, -0.15) is 0 Å². The zero-order valence-electron chi connectivity index (χ0n) is 11.1. The van der Waals surface area contributed by atoms with Crippen molar-refractivity contribution in [2.75, 3.05) is 6.66 Å². The van der Waals surface area contributed by atoms with Crippen molar-refractivity contribution in [2.24, 2.45) is 0 Å². The molecule has 0 rings (SSSR count). The standard InChI is InChI=1S/C13H28BP/c1-5-7-9-12(14)10-8-11-13(3,6-2)15-4/h12,15H,5-11H2,1-4H3. The first-order valence-electron chi connectivity index (χ1n) is 6.52. The van der Waals surface area contributed by atoms with Crippen LogP contribution in [0.2, 0.25) is 5.82 Å². The van der Waals surface area contributed by atoms with Gasteiger partial charge in [-0.05, 0) is 24.7 Å². The van der Waals surface area contributed by atoms with Crippen molar-refractivity contribution in [2.45, 2.75) is 76.7 Å². The van der Waals surface area contributed by atoms with E-state index >= 15 is 0 Å². The smallest absolute Gasteiger partial charge is 0.0699 e. The fraction of sp³-hybridized carbons (Fsp3) is 1.00. The predicted octanol–water partition coefficient (Wildman–Crippen LogP) is 4.78. The monoisotopic (exact) mass is 226 g/mol. The van der Waals surface area contributed by atoms with Crippen LogP contribution in [0.15, 0.2) is 0 Å². The van der Waals surface area contributed by atoms with Gasteiger partial charge in [0, 0.05) is 0 Å². The van der Waals surface area contributed by atoms with Gasteiger partial charge in [0.1, 0.15) is 0 Å². The minimum Gasteiger partial charge on any atom is -0.119 e. The number of hydrogen-bond acceptors (Lipinski definition) is 0. The molecule has 0 amide bonds. The summed E-state index contributed by atoms with van der Waals surface area (Å²) in [5.41, 5.74) is 0. The fourth-order valence-electron chi connectivity index (χ4n) is 1.84. The Labute approximate surface area is 100 Å². The lowest BCUT2D eigenvalue weighted by atomic mass is 9.78. The second-order valence-electron chi connectivity index (χ2n) is 4.96. The molecular weight excluding hydrogens is 198 g/mol. The van der Waals surface area contributed by atoms with E-state index in [9.17, 15) is 0 Å². The van der Waals surface area contributed by atoms with Crippen LogP contribution in [-0.2, 0) is 0 Å². The zero-order chi connectivity index (χ0) is 11.7. The first kappa shape index (κ1) is 15.5. The molecule has 0 nitrogen and oxygen atoms in total. The van der Waals surface area contributed by atoms with E-state index in [-0.39, 0.29) is 0 Å². The van der Waals surface area contributed by atoms with Crippen LogP contribution in [0.3, 0.4) is 0 Å². The SMILES string of the molecule is [B]C(CCCC)CCCC(C)(CC)PC. The molecule has 88 valence electrons. The van der Waals surface area contributed by atoms with E-state index in [1.54, 1.807) is 0 Å². The van der Waals surface area contributed by atoms with Crippen molar-refractivity contribution in [1.29, 1.82) is 0 Å². The maximum atomic E-state index is 6.07. The first-order chi connectivity index (χ1) is 7.08. The minimum atomic E-state index is 0.450. The average Bonchev–Trinajstić information content (AvgIpc) is 2.26. The molecule has 0 heterocycles. The van der Waals surface area contributed by atoms with Gasteiger partial charge in [-0.25, -0.2) is 0 Å². The van der Waals surface area contributed by atoms with Crippen LogP contribution in [0, 0.1) is 0 Å². The normalized spacial score (nSPS) is 18.1. The number of rotatable bonds is 9. The Bertz CT molecular complexity index is 143. The molecule has 0 aliphatic heterocycles. The van der Waals surface area contributed by atoms with Crippen LogP contribution in [0.25, 0.3) is 0 Å². The molecule has 0 saturated carbocycles. The summed E-state index contributed by atoms with van der Waals surface area (Å²) in [5.74, 6) is 0.450. The van der Waals surface area contributed by atoms with Gasteiger partial charge in [-0.3, -0.25) is 0 Å². The first-order valence-corrected chi connectivity index (χ1v) is 8.02. The average molecular weight is 226 g/mol. The Morgan fingerprint density at radius 3 is 2.27 bits per heavy atom. The highest BCUT2D eigenvalue weighted by Gasteiger charge is 2.18. The van der Waals surface area contributed by atoms with Crippen molar-refractivity contribution < 1.29 is 0 Å². The van der Waals surface area contributed by atoms with Crippen LogP contribution in [-0.4, -0.2) is 19.7 Å². The summed E-state index contributed by atoms with van der Waals surface area (Å²) in [5, 5.41) is 0.588. The Balaban J connectivity index is 3.59. The topological polar surface area (TPSA) is 0 Å². The van der Waals surface area contributed by atoms with Crippen molar-refractivity contribution >= 4 is 16.4 Å². The molecule has 0 bridgehead atoms. The molecule has 0 saturated heterocycles. The van der Waals surface area contributed by atoms with Crippen LogP contribution in [0.5, 0.6) is 0 Å². The Morgan fingerprint density at radius 1 is 1.20 bits per heavy atom. The molecule has 15 heavy (non-hydrogen) atoms. The maximum Gasteiger partial charge on any atom is 0.0699 e. The third kappa shape index (κ3) is 7.39. The zero-order valence-corrected chi connectivity index (χ0v) is 12.1. The lowest BCUT2D eigenvalue weighted by Crippen LogP contribution is -2.16. The third-order valence-corrected chi connectivity index (χ3v) is 5.43. The molecule has 0 fully saturated rings. The minimum absolute atomic E-state index is 0.450. The highest BCUT2D eigenvalue weighted by atomic mass is 31.1. The summed E-state index contributed by atoms with van der Waals surface area (Å²) in [6.07, 6.45) is 8.99. The van der Waals surface area contributed by atoms with E-state index in [4.69, 9.17) is 7.85 Å². The molecule has 0 aliphatic rings. The molecule has 0 N–H and O–H groups in total. The Kier molecular flexibility index (Phi) is 8.91. The van der Waals surface area contributed by atoms with Gasteiger partial charge in [0.05, 0.1) is 7.85 Å². The van der Waals surface area contributed by atoms with Gasteiger partial charge in [0.2, 0.25) is 0 Å². The van der Waals surface area contributed by atoms with Crippen molar-refractivity contribution in [3.05, 3.63) is 0 Å². The molecule has 0 aromatic rings. The van der Waals surface area contributed by atoms with Gasteiger partial charge in [0.25, 0.3) is 0 Å². The predicted molar refractivity (Wildman–Crippen MR) is 75.8 cm³/mol. The summed E-state index contributed by atoms with van der Waals surface area (Å²) in [7, 11) is 7.14. The van der Waals surface area contributed by atoms with E-state index in [1.807, 2.05) is 0 Å². The van der Waals surface area contributed by atoms with E-state index < -0.39 is 0 Å². The van der Waals surface area contributed by atoms with Crippen molar-refractivity contribution in [1.82, 2.24) is 0 Å². The van der Waals surface area contributed by atoms with Gasteiger partial charge in [-0.15, -0.1) is 8.58 Å². The highest BCUT2D eigenvalue weighted by molar-refractivity contribution is 7.39. The third-order valence-electron chi connectivity index (χ3n) is 3.62. The summed E-state index contributed by atoms with van der Waals surface area (Å²) >= 11 is 0. The fourth-order valence-corrected chi connectivity index (χ4v) is 2.62. The number of hydrogen-bond donors (Lipinski definition) is 0. The molecule has 3 atom stereocenters. The summed E-state index contributed by atoms with van der Waals surface area (Å²) in [6.45, 7) is 9.30. The quantitative estimate of drug-likeness (QED) is 0.392. The summed E-state index contributed by atoms with van der Waals surface area (Å²) in [4.78, 5) is 0. The Morgan fingerprint density at radius 2 is 1.80 bits per heavy atom. The molecule has 0 aromatic carbocycles. The van der Waals surface area contributed by atoms with E-state index in [0.29, 0.717) is 11.0 Å². The lowest BCUT2D eigenvalue weighted by Gasteiger charge is -2.27. The lowest BCUT2D eigenvalue weighted by molar-refractivity contribution is 0.505. The second-order valence-corrected chi connectivity index (χ2v) is 6.67. The van der Waals surface area contributed by atoms with E-state index in [0.717, 1.165) is 8.58 Å². The molecule has 2 radical (unpaired) electrons. The largest absolute Gasteiger partial charge is 0.119 e. The van der Waals surface area contributed by atoms with Gasteiger partial charge < -0.3 is 0 Å². The van der Waals surface area contributed by atoms with Gasteiger partial charge >= 0.3 is 0 Å². The molecule has 2 heteroatoms. The molecule has 3 unspecified atom stereocenters. The van der Waals surface area contributed by atoms with Crippen molar-refractivity contribution in [3.8, 4) is 0 Å². The Hall–Kier alpha value is 0.495. The van der Waals surface area contributed by atoms with Crippen LogP contribution in [0.1, 0.15) is 65.7 Å². The van der Waals surface area contributed by atoms with E-state index in [1.165, 1.54) is 44.9 Å². The molecular formula is C13H28BP. The molecule has 0 aliphatic carbocycles. The second kappa shape index (κ2) is 8.62. The highest BCUT2D eigenvalue weighted by Crippen LogP contribution is 2.37. The summed E-state index contributed by atoms with van der Waals surface area (Å²) < 4.78 is 0. The van der Waals surface area contributed by atoms with Crippen LogP contribution in [0.4, 0.5) is 0 Å². The maximum absolute atomic E-state index is 6.07. The number of unbranched alkanes of at least 4 members (excludes halogenated alkanes) is 1. The van der Waals surface area contributed by atoms with E-state index in [2.05, 4.69) is 27.4 Å². The van der Waals surface area contributed by atoms with Crippen LogP contribution >= 0.6 is 8.58 Å². The molecule has 0 aromatic heterocycles. The van der Waals surface area contributed by atoms with Crippen LogP contribution < -0.4 is 0 Å².